The Hall–Kier alpha value is -1.26. The largest absolute Gasteiger partial charge is 0.480 e. The van der Waals surface area contributed by atoms with E-state index in [1.165, 1.54) is 17.7 Å². The average molecular weight is 297 g/mol. The summed E-state index contributed by atoms with van der Waals surface area (Å²) in [6.07, 6.45) is 4.54. The maximum absolute atomic E-state index is 12.4. The summed E-state index contributed by atoms with van der Waals surface area (Å²) in [4.78, 5) is 25.7. The molecule has 0 aromatic carbocycles. The number of carbonyl (C=O) groups excluding carboxylic acids is 1. The van der Waals surface area contributed by atoms with Crippen LogP contribution in [-0.4, -0.2) is 39.8 Å². The van der Waals surface area contributed by atoms with Crippen molar-refractivity contribution in [2.24, 2.45) is 11.8 Å². The number of carboxylic acid groups (broad SMARTS) is 1. The standard InChI is InChI=1S/C16H27NO4/c1-15(2,3)21-14(20)17-10-12-8-6-5-7-11(12)9-16(17,4)13(18)19/h11-12H,5-10H2,1-4H3,(H,18,19)/t11-,12+,16-/m0/s1. The molecule has 21 heavy (non-hydrogen) atoms. The summed E-state index contributed by atoms with van der Waals surface area (Å²) >= 11 is 0. The summed E-state index contributed by atoms with van der Waals surface area (Å²) < 4.78 is 5.43. The van der Waals surface area contributed by atoms with Crippen LogP contribution in [0.4, 0.5) is 4.79 Å². The predicted octanol–water partition coefficient (Wildman–Crippen LogP) is 3.28. The van der Waals surface area contributed by atoms with Crippen molar-refractivity contribution >= 4 is 12.1 Å². The molecule has 2 rings (SSSR count). The molecule has 0 aromatic rings. The van der Waals surface area contributed by atoms with Gasteiger partial charge in [0, 0.05) is 6.54 Å². The van der Waals surface area contributed by atoms with Gasteiger partial charge < -0.3 is 9.84 Å². The highest BCUT2D eigenvalue weighted by molar-refractivity contribution is 5.84. The lowest BCUT2D eigenvalue weighted by molar-refractivity contribution is -0.156. The van der Waals surface area contributed by atoms with Crippen molar-refractivity contribution in [3.63, 3.8) is 0 Å². The minimum atomic E-state index is -1.15. The maximum atomic E-state index is 12.4. The van der Waals surface area contributed by atoms with Gasteiger partial charge in [0.05, 0.1) is 0 Å². The van der Waals surface area contributed by atoms with Gasteiger partial charge in [-0.05, 0) is 52.4 Å². The molecule has 1 saturated carbocycles. The van der Waals surface area contributed by atoms with Gasteiger partial charge in [0.2, 0.25) is 0 Å². The Morgan fingerprint density at radius 2 is 1.76 bits per heavy atom. The highest BCUT2D eigenvalue weighted by atomic mass is 16.6. The molecule has 1 aliphatic carbocycles. The van der Waals surface area contributed by atoms with E-state index in [2.05, 4.69) is 0 Å². The monoisotopic (exact) mass is 297 g/mol. The molecule has 1 saturated heterocycles. The fourth-order valence-corrected chi connectivity index (χ4v) is 3.65. The average Bonchev–Trinajstić information content (AvgIpc) is 2.35. The number of hydrogen-bond acceptors (Lipinski definition) is 3. The Bertz CT molecular complexity index is 428. The summed E-state index contributed by atoms with van der Waals surface area (Å²) in [6.45, 7) is 7.57. The number of carbonyl (C=O) groups is 2. The second kappa shape index (κ2) is 5.50. The molecule has 2 fully saturated rings. The van der Waals surface area contributed by atoms with Crippen molar-refractivity contribution in [2.45, 2.75) is 70.9 Å². The van der Waals surface area contributed by atoms with Gasteiger partial charge in [0.25, 0.3) is 0 Å². The predicted molar refractivity (Wildman–Crippen MR) is 79.0 cm³/mol. The number of aliphatic carboxylic acids is 1. The van der Waals surface area contributed by atoms with Crippen LogP contribution >= 0.6 is 0 Å². The number of carboxylic acids is 1. The number of likely N-dealkylation sites (tertiary alicyclic amines) is 1. The number of nitrogens with zero attached hydrogens (tertiary/aromatic N) is 1. The number of piperidine rings is 1. The fourth-order valence-electron chi connectivity index (χ4n) is 3.65. The van der Waals surface area contributed by atoms with Crippen LogP contribution in [0.2, 0.25) is 0 Å². The lowest BCUT2D eigenvalue weighted by Gasteiger charge is -2.49. The van der Waals surface area contributed by atoms with Crippen LogP contribution in [-0.2, 0) is 9.53 Å². The topological polar surface area (TPSA) is 66.8 Å². The van der Waals surface area contributed by atoms with E-state index < -0.39 is 23.2 Å². The molecule has 0 spiro atoms. The van der Waals surface area contributed by atoms with Crippen LogP contribution in [0.1, 0.15) is 59.8 Å². The Kier molecular flexibility index (Phi) is 4.22. The SMILES string of the molecule is CC(C)(C)OC(=O)N1C[C@H]2CCCC[C@H]2C[C@@]1(C)C(=O)O. The van der Waals surface area contributed by atoms with E-state index in [9.17, 15) is 14.7 Å². The van der Waals surface area contributed by atoms with Gasteiger partial charge in [-0.15, -0.1) is 0 Å². The third kappa shape index (κ3) is 3.33. The van der Waals surface area contributed by atoms with Crippen LogP contribution in [0.5, 0.6) is 0 Å². The van der Waals surface area contributed by atoms with Crippen LogP contribution in [0, 0.1) is 11.8 Å². The number of ether oxygens (including phenoxy) is 1. The molecular formula is C16H27NO4. The van der Waals surface area contributed by atoms with Crippen molar-refractivity contribution in [3.05, 3.63) is 0 Å². The number of amides is 1. The van der Waals surface area contributed by atoms with Crippen molar-refractivity contribution in [2.75, 3.05) is 6.54 Å². The molecular weight excluding hydrogens is 270 g/mol. The zero-order valence-electron chi connectivity index (χ0n) is 13.5. The third-order valence-corrected chi connectivity index (χ3v) is 4.81. The van der Waals surface area contributed by atoms with Crippen molar-refractivity contribution in [1.29, 1.82) is 0 Å². The first kappa shape index (κ1) is 16.1. The van der Waals surface area contributed by atoms with Crippen LogP contribution in [0.15, 0.2) is 0 Å². The van der Waals surface area contributed by atoms with Crippen molar-refractivity contribution in [3.8, 4) is 0 Å². The Morgan fingerprint density at radius 1 is 1.19 bits per heavy atom. The van der Waals surface area contributed by atoms with Crippen molar-refractivity contribution < 1.29 is 19.4 Å². The van der Waals surface area contributed by atoms with E-state index in [0.29, 0.717) is 24.8 Å². The lowest BCUT2D eigenvalue weighted by Crippen LogP contribution is -2.62. The summed E-state index contributed by atoms with van der Waals surface area (Å²) in [7, 11) is 0. The Morgan fingerprint density at radius 3 is 2.29 bits per heavy atom. The molecule has 2 aliphatic rings. The Balaban J connectivity index is 2.22. The molecule has 3 atom stereocenters. The first-order valence-corrected chi connectivity index (χ1v) is 7.87. The first-order valence-electron chi connectivity index (χ1n) is 7.87. The number of hydrogen-bond donors (Lipinski definition) is 1. The quantitative estimate of drug-likeness (QED) is 0.806. The third-order valence-electron chi connectivity index (χ3n) is 4.81. The van der Waals surface area contributed by atoms with Gasteiger partial charge in [0.15, 0.2) is 0 Å². The van der Waals surface area contributed by atoms with Crippen molar-refractivity contribution in [1.82, 2.24) is 4.90 Å². The minimum absolute atomic E-state index is 0.415. The molecule has 1 N–H and O–H groups in total. The molecule has 0 aromatic heterocycles. The number of fused-ring (bicyclic) bond motifs is 1. The number of rotatable bonds is 1. The highest BCUT2D eigenvalue weighted by Crippen LogP contribution is 2.43. The van der Waals surface area contributed by atoms with E-state index >= 15 is 0 Å². The van der Waals surface area contributed by atoms with Gasteiger partial charge in [0.1, 0.15) is 11.1 Å². The first-order chi connectivity index (χ1) is 9.63. The normalized spacial score (nSPS) is 33.2. The smallest absolute Gasteiger partial charge is 0.411 e. The van der Waals surface area contributed by atoms with E-state index in [1.54, 1.807) is 27.7 Å². The molecule has 0 bridgehead atoms. The molecule has 1 amide bonds. The van der Waals surface area contributed by atoms with Gasteiger partial charge >= 0.3 is 12.1 Å². The lowest BCUT2D eigenvalue weighted by atomic mass is 9.69. The molecule has 120 valence electrons. The molecule has 5 heteroatoms. The van der Waals surface area contributed by atoms with Gasteiger partial charge in [-0.1, -0.05) is 19.3 Å². The van der Waals surface area contributed by atoms with E-state index in [1.807, 2.05) is 0 Å². The van der Waals surface area contributed by atoms with E-state index in [-0.39, 0.29) is 0 Å². The maximum Gasteiger partial charge on any atom is 0.411 e. The highest BCUT2D eigenvalue weighted by Gasteiger charge is 2.51. The molecule has 5 nitrogen and oxygen atoms in total. The van der Waals surface area contributed by atoms with Crippen LogP contribution < -0.4 is 0 Å². The molecule has 1 aliphatic heterocycles. The summed E-state index contributed by atoms with van der Waals surface area (Å²) in [6, 6.07) is 0. The van der Waals surface area contributed by atoms with Gasteiger partial charge in [-0.25, -0.2) is 9.59 Å². The van der Waals surface area contributed by atoms with Crippen LogP contribution in [0.3, 0.4) is 0 Å². The fraction of sp³-hybridized carbons (Fsp3) is 0.875. The van der Waals surface area contributed by atoms with E-state index in [0.717, 1.165) is 12.8 Å². The van der Waals surface area contributed by atoms with Crippen LogP contribution in [0.25, 0.3) is 0 Å². The summed E-state index contributed by atoms with van der Waals surface area (Å²) in [5, 5.41) is 9.66. The second-order valence-corrected chi connectivity index (χ2v) is 7.68. The van der Waals surface area contributed by atoms with E-state index in [4.69, 9.17) is 4.74 Å². The minimum Gasteiger partial charge on any atom is -0.480 e. The van der Waals surface area contributed by atoms with Gasteiger partial charge in [-0.3, -0.25) is 4.90 Å². The zero-order valence-corrected chi connectivity index (χ0v) is 13.5. The Labute approximate surface area is 126 Å². The zero-order chi connectivity index (χ0) is 15.8. The van der Waals surface area contributed by atoms with Gasteiger partial charge in [-0.2, -0.15) is 0 Å². The molecule has 0 radical (unpaired) electrons. The molecule has 1 heterocycles. The molecule has 0 unspecified atom stereocenters. The second-order valence-electron chi connectivity index (χ2n) is 7.68. The summed E-state index contributed by atoms with van der Waals surface area (Å²) in [5.74, 6) is -0.102. The summed E-state index contributed by atoms with van der Waals surface area (Å²) in [5.41, 5.74) is -1.76.